The van der Waals surface area contributed by atoms with E-state index in [2.05, 4.69) is 38.2 Å². The molecule has 1 saturated heterocycles. The van der Waals surface area contributed by atoms with Crippen molar-refractivity contribution in [3.8, 4) is 0 Å². The first-order valence-electron chi connectivity index (χ1n) is 8.58. The highest BCUT2D eigenvalue weighted by Crippen LogP contribution is 2.19. The number of aryl methyl sites for hydroxylation is 3. The Morgan fingerprint density at radius 1 is 1.21 bits per heavy atom. The second-order valence-corrected chi connectivity index (χ2v) is 7.18. The van der Waals surface area contributed by atoms with Crippen LogP contribution in [0.3, 0.4) is 0 Å². The number of amides is 3. The lowest BCUT2D eigenvalue weighted by molar-refractivity contribution is -0.140. The molecule has 1 aliphatic rings. The van der Waals surface area contributed by atoms with Crippen LogP contribution < -0.4 is 5.32 Å². The molecule has 1 aliphatic heterocycles. The molecule has 24 heavy (non-hydrogen) atoms. The summed E-state index contributed by atoms with van der Waals surface area (Å²) in [7, 11) is 1.80. The highest BCUT2D eigenvalue weighted by atomic mass is 16.2. The van der Waals surface area contributed by atoms with Gasteiger partial charge in [0.2, 0.25) is 5.91 Å². The summed E-state index contributed by atoms with van der Waals surface area (Å²) in [5.41, 5.74) is 4.74. The van der Waals surface area contributed by atoms with Gasteiger partial charge in [-0.1, -0.05) is 31.5 Å². The molecule has 1 atom stereocenters. The Morgan fingerprint density at radius 3 is 2.33 bits per heavy atom. The molecule has 0 aliphatic carbocycles. The largest absolute Gasteiger partial charge is 0.342 e. The Morgan fingerprint density at radius 2 is 1.79 bits per heavy atom. The van der Waals surface area contributed by atoms with Gasteiger partial charge in [-0.25, -0.2) is 4.79 Å². The first kappa shape index (κ1) is 18.3. The van der Waals surface area contributed by atoms with Crippen molar-refractivity contribution < 1.29 is 9.59 Å². The summed E-state index contributed by atoms with van der Waals surface area (Å²) in [6.45, 7) is 11.8. The van der Waals surface area contributed by atoms with E-state index < -0.39 is 0 Å². The van der Waals surface area contributed by atoms with Crippen LogP contribution in [0.4, 0.5) is 4.79 Å². The van der Waals surface area contributed by atoms with E-state index in [0.717, 1.165) is 5.56 Å². The second-order valence-electron chi connectivity index (χ2n) is 7.18. The zero-order chi connectivity index (χ0) is 18.0. The van der Waals surface area contributed by atoms with Gasteiger partial charge < -0.3 is 15.1 Å². The molecule has 1 fully saturated rings. The molecule has 0 aromatic heterocycles. The Hall–Kier alpha value is -2.04. The van der Waals surface area contributed by atoms with Gasteiger partial charge in [0.1, 0.15) is 6.04 Å². The first-order chi connectivity index (χ1) is 11.2. The average Bonchev–Trinajstić information content (AvgIpc) is 2.48. The van der Waals surface area contributed by atoms with Gasteiger partial charge in [0.05, 0.1) is 0 Å². The fourth-order valence-corrected chi connectivity index (χ4v) is 3.49. The maximum atomic E-state index is 12.7. The molecule has 3 amide bonds. The van der Waals surface area contributed by atoms with Crippen LogP contribution in [0, 0.1) is 26.7 Å². The molecular weight excluding hydrogens is 302 g/mol. The third kappa shape index (κ3) is 3.71. The lowest BCUT2D eigenvalue weighted by atomic mass is 9.99. The number of hydrogen-bond acceptors (Lipinski definition) is 2. The molecule has 0 radical (unpaired) electrons. The molecule has 2 rings (SSSR count). The lowest BCUT2D eigenvalue weighted by Gasteiger charge is -2.41. The van der Waals surface area contributed by atoms with Gasteiger partial charge >= 0.3 is 6.03 Å². The quantitative estimate of drug-likeness (QED) is 0.926. The number of nitrogens with zero attached hydrogens (tertiary/aromatic N) is 2. The number of carbonyl (C=O) groups is 2. The monoisotopic (exact) mass is 331 g/mol. The van der Waals surface area contributed by atoms with Crippen LogP contribution in [0.25, 0.3) is 0 Å². The van der Waals surface area contributed by atoms with Gasteiger partial charge in [-0.2, -0.15) is 0 Å². The summed E-state index contributed by atoms with van der Waals surface area (Å²) in [6, 6.07) is 3.72. The third-order valence-electron chi connectivity index (χ3n) is 4.79. The Kier molecular flexibility index (Phi) is 5.52. The number of nitrogens with one attached hydrogen (secondary N) is 1. The number of likely N-dealkylation sites (N-methyl/N-ethyl adjacent to an activating group) is 1. The van der Waals surface area contributed by atoms with Crippen molar-refractivity contribution in [3.63, 3.8) is 0 Å². The highest BCUT2D eigenvalue weighted by molar-refractivity contribution is 5.88. The molecule has 1 aromatic carbocycles. The summed E-state index contributed by atoms with van der Waals surface area (Å²) in [6.07, 6.45) is 0. The van der Waals surface area contributed by atoms with Gasteiger partial charge in [0, 0.05) is 26.7 Å². The highest BCUT2D eigenvalue weighted by Gasteiger charge is 2.37. The van der Waals surface area contributed by atoms with Gasteiger partial charge in [-0.05, 0) is 43.4 Å². The predicted octanol–water partition coefficient (Wildman–Crippen LogP) is 2.62. The molecular formula is C19H29N3O2. The van der Waals surface area contributed by atoms with Crippen molar-refractivity contribution >= 4 is 11.9 Å². The average molecular weight is 331 g/mol. The predicted molar refractivity (Wildman–Crippen MR) is 95.9 cm³/mol. The van der Waals surface area contributed by atoms with Crippen LogP contribution in [0.5, 0.6) is 0 Å². The van der Waals surface area contributed by atoms with E-state index in [0.29, 0.717) is 19.6 Å². The van der Waals surface area contributed by atoms with Crippen molar-refractivity contribution in [2.24, 2.45) is 5.92 Å². The van der Waals surface area contributed by atoms with Crippen molar-refractivity contribution in [3.05, 3.63) is 34.4 Å². The Labute approximate surface area is 145 Å². The Bertz CT molecular complexity index is 616. The molecule has 5 nitrogen and oxygen atoms in total. The molecule has 1 N–H and O–H groups in total. The number of urea groups is 1. The molecule has 0 saturated carbocycles. The molecule has 1 heterocycles. The molecule has 0 unspecified atom stereocenters. The van der Waals surface area contributed by atoms with E-state index >= 15 is 0 Å². The van der Waals surface area contributed by atoms with Crippen LogP contribution in [-0.4, -0.2) is 47.9 Å². The Balaban J connectivity index is 2.10. The minimum absolute atomic E-state index is 0.0223. The van der Waals surface area contributed by atoms with Gasteiger partial charge in [-0.15, -0.1) is 0 Å². The fraction of sp³-hybridized carbons (Fsp3) is 0.579. The number of rotatable bonds is 3. The van der Waals surface area contributed by atoms with Crippen molar-refractivity contribution in [1.82, 2.24) is 15.1 Å². The second kappa shape index (κ2) is 7.24. The SMILES string of the molecule is Cc1cc(C)c(CNC(=O)N2CCN(C)C(=O)[C@H]2C(C)C)c(C)c1. The first-order valence-corrected chi connectivity index (χ1v) is 8.58. The van der Waals surface area contributed by atoms with Crippen LogP contribution in [0.15, 0.2) is 12.1 Å². The van der Waals surface area contributed by atoms with E-state index in [1.54, 1.807) is 16.8 Å². The van der Waals surface area contributed by atoms with Gasteiger partial charge in [-0.3, -0.25) is 4.79 Å². The number of carbonyl (C=O) groups excluding carboxylic acids is 2. The zero-order valence-corrected chi connectivity index (χ0v) is 15.6. The van der Waals surface area contributed by atoms with Crippen LogP contribution in [-0.2, 0) is 11.3 Å². The van der Waals surface area contributed by atoms with E-state index in [-0.39, 0.29) is 23.9 Å². The molecule has 0 bridgehead atoms. The number of hydrogen-bond donors (Lipinski definition) is 1. The maximum absolute atomic E-state index is 12.7. The van der Waals surface area contributed by atoms with Crippen molar-refractivity contribution in [1.29, 1.82) is 0 Å². The molecule has 0 spiro atoms. The van der Waals surface area contributed by atoms with Gasteiger partial charge in [0.25, 0.3) is 0 Å². The van der Waals surface area contributed by atoms with E-state index in [9.17, 15) is 9.59 Å². The smallest absolute Gasteiger partial charge is 0.318 e. The fourth-order valence-electron chi connectivity index (χ4n) is 3.49. The summed E-state index contributed by atoms with van der Waals surface area (Å²) in [5, 5.41) is 3.01. The van der Waals surface area contributed by atoms with Crippen molar-refractivity contribution in [2.75, 3.05) is 20.1 Å². The molecule has 5 heteroatoms. The normalized spacial score (nSPS) is 18.3. The standard InChI is InChI=1S/C19H29N3O2/c1-12(2)17-18(23)21(6)7-8-22(17)19(24)20-11-16-14(4)9-13(3)10-15(16)5/h9-10,12,17H,7-8,11H2,1-6H3,(H,20,24)/t17-/m1/s1. The van der Waals surface area contributed by atoms with E-state index in [4.69, 9.17) is 0 Å². The molecule has 132 valence electrons. The summed E-state index contributed by atoms with van der Waals surface area (Å²) < 4.78 is 0. The van der Waals surface area contributed by atoms with Crippen LogP contribution in [0.2, 0.25) is 0 Å². The van der Waals surface area contributed by atoms with Crippen LogP contribution in [0.1, 0.15) is 36.1 Å². The van der Waals surface area contributed by atoms with Crippen LogP contribution >= 0.6 is 0 Å². The third-order valence-corrected chi connectivity index (χ3v) is 4.79. The number of benzene rings is 1. The minimum Gasteiger partial charge on any atom is -0.342 e. The van der Waals surface area contributed by atoms with Gasteiger partial charge in [0.15, 0.2) is 0 Å². The summed E-state index contributed by atoms with van der Waals surface area (Å²) in [4.78, 5) is 28.5. The minimum atomic E-state index is -0.385. The molecule has 1 aromatic rings. The zero-order valence-electron chi connectivity index (χ0n) is 15.6. The maximum Gasteiger partial charge on any atom is 0.318 e. The lowest BCUT2D eigenvalue weighted by Crippen LogP contribution is -2.61. The summed E-state index contributed by atoms with van der Waals surface area (Å²) >= 11 is 0. The number of piperazine rings is 1. The van der Waals surface area contributed by atoms with Crippen molar-refractivity contribution in [2.45, 2.75) is 47.2 Å². The van der Waals surface area contributed by atoms with E-state index in [1.807, 2.05) is 13.8 Å². The topological polar surface area (TPSA) is 52.7 Å². The van der Waals surface area contributed by atoms with E-state index in [1.165, 1.54) is 16.7 Å². The summed E-state index contributed by atoms with van der Waals surface area (Å²) in [5.74, 6) is 0.114.